The van der Waals surface area contributed by atoms with Gasteiger partial charge in [-0.2, -0.15) is 4.98 Å². The van der Waals surface area contributed by atoms with E-state index in [9.17, 15) is 14.3 Å². The van der Waals surface area contributed by atoms with Gasteiger partial charge in [0.1, 0.15) is 23.4 Å². The Bertz CT molecular complexity index is 545. The number of oxazole rings is 1. The van der Waals surface area contributed by atoms with Gasteiger partial charge in [-0.05, 0) is 19.1 Å². The molecule has 0 spiro atoms. The quantitative estimate of drug-likeness (QED) is 0.837. The van der Waals surface area contributed by atoms with Crippen LogP contribution in [-0.4, -0.2) is 16.0 Å². The lowest BCUT2D eigenvalue weighted by Gasteiger charge is -2.04. The molecule has 0 fully saturated rings. The molecule has 1 heterocycles. The molecule has 0 aliphatic heterocycles. The van der Waals surface area contributed by atoms with Gasteiger partial charge in [0, 0.05) is 0 Å². The number of phenols is 1. The van der Waals surface area contributed by atoms with Gasteiger partial charge >= 0.3 is 6.01 Å². The Hall–Kier alpha value is -2.37. The van der Waals surface area contributed by atoms with Gasteiger partial charge in [0.25, 0.3) is 5.91 Å². The number of hydrogen-bond acceptors (Lipinski definition) is 4. The molecule has 1 aromatic carbocycles. The van der Waals surface area contributed by atoms with E-state index < -0.39 is 23.0 Å². The molecule has 0 saturated carbocycles. The summed E-state index contributed by atoms with van der Waals surface area (Å²) in [4.78, 5) is 15.5. The van der Waals surface area contributed by atoms with Gasteiger partial charge < -0.3 is 9.52 Å². The number of hydrogen-bond donors (Lipinski definition) is 2. The van der Waals surface area contributed by atoms with Gasteiger partial charge in [-0.3, -0.25) is 10.1 Å². The predicted molar refractivity (Wildman–Crippen MR) is 57.3 cm³/mol. The molecule has 0 unspecified atom stereocenters. The normalized spacial score (nSPS) is 10.2. The van der Waals surface area contributed by atoms with E-state index in [2.05, 4.69) is 10.3 Å². The van der Waals surface area contributed by atoms with Crippen molar-refractivity contribution in [1.82, 2.24) is 4.98 Å². The third-order valence-electron chi connectivity index (χ3n) is 2.06. The number of anilines is 1. The van der Waals surface area contributed by atoms with Crippen LogP contribution in [0.15, 0.2) is 28.9 Å². The number of aromatic hydroxyl groups is 1. The standard InChI is InChI=1S/C11H9FN2O3/c1-6-5-17-11(13-6)14-10(16)9-7(12)3-2-4-8(9)15/h2-5,15H,1H3,(H,13,14,16). The van der Waals surface area contributed by atoms with Crippen molar-refractivity contribution < 1.29 is 18.7 Å². The van der Waals surface area contributed by atoms with Gasteiger partial charge in [0.05, 0.1) is 5.69 Å². The van der Waals surface area contributed by atoms with Crippen molar-refractivity contribution in [3.63, 3.8) is 0 Å². The molecule has 2 rings (SSSR count). The third-order valence-corrected chi connectivity index (χ3v) is 2.06. The number of benzene rings is 1. The molecule has 1 amide bonds. The SMILES string of the molecule is Cc1coc(NC(=O)c2c(O)cccc2F)n1. The second kappa shape index (κ2) is 4.25. The summed E-state index contributed by atoms with van der Waals surface area (Å²) in [6, 6.07) is 3.56. The zero-order valence-electron chi connectivity index (χ0n) is 8.90. The van der Waals surface area contributed by atoms with E-state index in [0.717, 1.165) is 6.07 Å². The number of nitrogens with one attached hydrogen (secondary N) is 1. The number of carbonyl (C=O) groups is 1. The molecule has 2 aromatic rings. The molecule has 0 saturated heterocycles. The van der Waals surface area contributed by atoms with Crippen LogP contribution < -0.4 is 5.32 Å². The van der Waals surface area contributed by atoms with Gasteiger partial charge in [0.2, 0.25) is 0 Å². The Labute approximate surface area is 95.9 Å². The molecule has 88 valence electrons. The highest BCUT2D eigenvalue weighted by molar-refractivity contribution is 6.05. The van der Waals surface area contributed by atoms with E-state index in [1.165, 1.54) is 18.4 Å². The molecule has 1 aromatic heterocycles. The van der Waals surface area contributed by atoms with Crippen LogP contribution in [0, 0.1) is 12.7 Å². The minimum absolute atomic E-state index is 0.0462. The van der Waals surface area contributed by atoms with Crippen LogP contribution in [0.5, 0.6) is 5.75 Å². The number of aromatic nitrogens is 1. The maximum atomic E-state index is 13.3. The number of aryl methyl sites for hydroxylation is 1. The lowest BCUT2D eigenvalue weighted by molar-refractivity contribution is 0.101. The fourth-order valence-corrected chi connectivity index (χ4v) is 1.31. The topological polar surface area (TPSA) is 75.4 Å². The second-order valence-electron chi connectivity index (χ2n) is 3.38. The molecule has 2 N–H and O–H groups in total. The van der Waals surface area contributed by atoms with Crippen molar-refractivity contribution in [3.8, 4) is 5.75 Å². The maximum Gasteiger partial charge on any atom is 0.301 e. The molecular weight excluding hydrogens is 227 g/mol. The second-order valence-corrected chi connectivity index (χ2v) is 3.38. The Morgan fingerprint density at radius 1 is 1.53 bits per heavy atom. The van der Waals surface area contributed by atoms with E-state index >= 15 is 0 Å². The average Bonchev–Trinajstić information content (AvgIpc) is 2.63. The highest BCUT2D eigenvalue weighted by Crippen LogP contribution is 2.21. The summed E-state index contributed by atoms with van der Waals surface area (Å²) in [5, 5.41) is 11.6. The van der Waals surface area contributed by atoms with Gasteiger partial charge in [-0.25, -0.2) is 4.39 Å². The van der Waals surface area contributed by atoms with E-state index in [1.807, 2.05) is 0 Å². The van der Waals surface area contributed by atoms with Gasteiger partial charge in [0.15, 0.2) is 0 Å². The summed E-state index contributed by atoms with van der Waals surface area (Å²) in [6.07, 6.45) is 1.34. The van der Waals surface area contributed by atoms with Crippen LogP contribution in [0.1, 0.15) is 16.1 Å². The highest BCUT2D eigenvalue weighted by Gasteiger charge is 2.18. The zero-order valence-corrected chi connectivity index (χ0v) is 8.90. The Morgan fingerprint density at radius 2 is 2.29 bits per heavy atom. The molecule has 17 heavy (non-hydrogen) atoms. The van der Waals surface area contributed by atoms with Gasteiger partial charge in [-0.15, -0.1) is 0 Å². The average molecular weight is 236 g/mol. The molecule has 5 nitrogen and oxygen atoms in total. The lowest BCUT2D eigenvalue weighted by Crippen LogP contribution is -2.14. The molecule has 0 bridgehead atoms. The Morgan fingerprint density at radius 3 is 2.88 bits per heavy atom. The first-order chi connectivity index (χ1) is 8.08. The molecule has 0 aliphatic rings. The predicted octanol–water partition coefficient (Wildman–Crippen LogP) is 2.08. The monoisotopic (exact) mass is 236 g/mol. The summed E-state index contributed by atoms with van der Waals surface area (Å²) >= 11 is 0. The molecular formula is C11H9FN2O3. The third kappa shape index (κ3) is 2.25. The molecule has 6 heteroatoms. The molecule has 0 atom stereocenters. The van der Waals surface area contributed by atoms with Crippen LogP contribution in [0.2, 0.25) is 0 Å². The summed E-state index contributed by atoms with van der Waals surface area (Å²) in [7, 11) is 0. The summed E-state index contributed by atoms with van der Waals surface area (Å²) in [6.45, 7) is 1.68. The van der Waals surface area contributed by atoms with Gasteiger partial charge in [-0.1, -0.05) is 6.07 Å². The summed E-state index contributed by atoms with van der Waals surface area (Å²) in [5.74, 6) is -2.07. The van der Waals surface area contributed by atoms with E-state index in [-0.39, 0.29) is 6.01 Å². The van der Waals surface area contributed by atoms with Crippen LogP contribution in [-0.2, 0) is 0 Å². The van der Waals surface area contributed by atoms with E-state index in [4.69, 9.17) is 4.42 Å². The van der Waals surface area contributed by atoms with Crippen molar-refractivity contribution >= 4 is 11.9 Å². The Balaban J connectivity index is 2.26. The van der Waals surface area contributed by atoms with Crippen LogP contribution >= 0.6 is 0 Å². The fourth-order valence-electron chi connectivity index (χ4n) is 1.31. The highest BCUT2D eigenvalue weighted by atomic mass is 19.1. The number of amides is 1. The number of halogens is 1. The largest absolute Gasteiger partial charge is 0.507 e. The smallest absolute Gasteiger partial charge is 0.301 e. The number of carbonyl (C=O) groups excluding carboxylic acids is 1. The molecule has 0 radical (unpaired) electrons. The summed E-state index contributed by atoms with van der Waals surface area (Å²) < 4.78 is 18.2. The van der Waals surface area contributed by atoms with Crippen molar-refractivity contribution in [2.45, 2.75) is 6.92 Å². The van der Waals surface area contributed by atoms with Crippen molar-refractivity contribution in [2.24, 2.45) is 0 Å². The first-order valence-corrected chi connectivity index (χ1v) is 4.79. The summed E-state index contributed by atoms with van der Waals surface area (Å²) in [5.41, 5.74) is 0.140. The van der Waals surface area contributed by atoms with Crippen molar-refractivity contribution in [3.05, 3.63) is 41.5 Å². The fraction of sp³-hybridized carbons (Fsp3) is 0.0909. The first-order valence-electron chi connectivity index (χ1n) is 4.79. The van der Waals surface area contributed by atoms with E-state index in [1.54, 1.807) is 6.92 Å². The van der Waals surface area contributed by atoms with E-state index in [0.29, 0.717) is 5.69 Å². The number of nitrogens with zero attached hydrogens (tertiary/aromatic N) is 1. The van der Waals surface area contributed by atoms with Crippen molar-refractivity contribution in [2.75, 3.05) is 5.32 Å². The maximum absolute atomic E-state index is 13.3. The number of phenolic OH excluding ortho intramolecular Hbond substituents is 1. The van der Waals surface area contributed by atoms with Crippen LogP contribution in [0.4, 0.5) is 10.4 Å². The first kappa shape index (κ1) is 11.1. The van der Waals surface area contributed by atoms with Crippen LogP contribution in [0.3, 0.4) is 0 Å². The zero-order chi connectivity index (χ0) is 12.4. The minimum atomic E-state index is -0.817. The van der Waals surface area contributed by atoms with Crippen LogP contribution in [0.25, 0.3) is 0 Å². The van der Waals surface area contributed by atoms with Crippen molar-refractivity contribution in [1.29, 1.82) is 0 Å². The number of rotatable bonds is 2. The minimum Gasteiger partial charge on any atom is -0.507 e. The Kier molecular flexibility index (Phi) is 2.78. The lowest BCUT2D eigenvalue weighted by atomic mass is 10.2. The molecule has 0 aliphatic carbocycles.